The highest BCUT2D eigenvalue weighted by atomic mass is 35.5. The number of rotatable bonds is 4. The van der Waals surface area contributed by atoms with Gasteiger partial charge in [0.05, 0.1) is 5.52 Å². The van der Waals surface area contributed by atoms with Gasteiger partial charge in [0.15, 0.2) is 5.82 Å². The van der Waals surface area contributed by atoms with Gasteiger partial charge < -0.3 is 11.1 Å². The molecule has 2 aromatic heterocycles. The first-order valence-corrected chi connectivity index (χ1v) is 9.56. The van der Waals surface area contributed by atoms with Crippen LogP contribution in [0.3, 0.4) is 0 Å². The molecule has 162 valence electrons. The number of nitrogens with zero attached hydrogens (tertiary/aromatic N) is 3. The maximum Gasteiger partial charge on any atom is 0.154 e. The number of fused-ring (bicyclic) bond motifs is 1. The predicted molar refractivity (Wildman–Crippen MR) is 133 cm³/mol. The Bertz CT molecular complexity index is 958. The number of pyridine rings is 1. The summed E-state index contributed by atoms with van der Waals surface area (Å²) in [6.45, 7) is 2.10. The van der Waals surface area contributed by atoms with Gasteiger partial charge in [0.25, 0.3) is 0 Å². The van der Waals surface area contributed by atoms with Gasteiger partial charge in [0.1, 0.15) is 5.82 Å². The standard InChI is InChI=1S/C22H25N5.3ClH/c1-15-4-10-20-19(13-15)22(25-18-8-6-17(23)7-9-18)27-21(26-20)11-5-16-3-2-12-24-14-16;;;/h2-5,10-14,17-18H,6-9,23H2,1H3,(H,25,26,27);3*1H/b11-5+;;;. The van der Waals surface area contributed by atoms with Crippen molar-refractivity contribution >= 4 is 66.1 Å². The molecule has 0 spiro atoms. The number of hydrogen-bond acceptors (Lipinski definition) is 5. The van der Waals surface area contributed by atoms with E-state index in [4.69, 9.17) is 15.7 Å². The van der Waals surface area contributed by atoms with Crippen LogP contribution in [0.1, 0.15) is 42.6 Å². The van der Waals surface area contributed by atoms with Crippen molar-refractivity contribution in [2.24, 2.45) is 5.73 Å². The highest BCUT2D eigenvalue weighted by Gasteiger charge is 2.19. The molecule has 1 aromatic carbocycles. The molecule has 3 N–H and O–H groups in total. The first-order chi connectivity index (χ1) is 13.2. The van der Waals surface area contributed by atoms with E-state index in [-0.39, 0.29) is 37.2 Å². The van der Waals surface area contributed by atoms with Crippen molar-refractivity contribution in [1.29, 1.82) is 0 Å². The Morgan fingerprint density at radius 1 is 1.00 bits per heavy atom. The third kappa shape index (κ3) is 6.54. The summed E-state index contributed by atoms with van der Waals surface area (Å²) in [5.74, 6) is 1.61. The summed E-state index contributed by atoms with van der Waals surface area (Å²) < 4.78 is 0. The van der Waals surface area contributed by atoms with E-state index < -0.39 is 0 Å². The van der Waals surface area contributed by atoms with Crippen molar-refractivity contribution in [3.8, 4) is 0 Å². The zero-order chi connectivity index (χ0) is 18.6. The van der Waals surface area contributed by atoms with Crippen molar-refractivity contribution in [3.05, 3.63) is 59.7 Å². The highest BCUT2D eigenvalue weighted by Crippen LogP contribution is 2.26. The predicted octanol–water partition coefficient (Wildman–Crippen LogP) is 5.45. The number of benzene rings is 1. The van der Waals surface area contributed by atoms with Gasteiger partial charge in [-0.05, 0) is 68.5 Å². The van der Waals surface area contributed by atoms with Crippen LogP contribution >= 0.6 is 37.2 Å². The monoisotopic (exact) mass is 467 g/mol. The van der Waals surface area contributed by atoms with Crippen LogP contribution in [0.15, 0.2) is 42.7 Å². The van der Waals surface area contributed by atoms with Crippen LogP contribution in [-0.2, 0) is 0 Å². The fourth-order valence-corrected chi connectivity index (χ4v) is 3.55. The summed E-state index contributed by atoms with van der Waals surface area (Å²) in [6.07, 6.45) is 11.8. The molecule has 2 heterocycles. The lowest BCUT2D eigenvalue weighted by Gasteiger charge is -2.27. The molecule has 8 heteroatoms. The number of anilines is 1. The van der Waals surface area contributed by atoms with Crippen LogP contribution in [0.2, 0.25) is 0 Å². The molecule has 0 aliphatic heterocycles. The number of nitrogens with two attached hydrogens (primary N) is 1. The molecular formula is C22H28Cl3N5. The van der Waals surface area contributed by atoms with E-state index in [0.29, 0.717) is 17.9 Å². The molecule has 0 bridgehead atoms. The normalized spacial score (nSPS) is 18.2. The van der Waals surface area contributed by atoms with Gasteiger partial charge in [-0.3, -0.25) is 4.98 Å². The molecule has 0 radical (unpaired) electrons. The summed E-state index contributed by atoms with van der Waals surface area (Å²) in [6, 6.07) is 11.0. The topological polar surface area (TPSA) is 76.7 Å². The van der Waals surface area contributed by atoms with Crippen LogP contribution in [-0.4, -0.2) is 27.0 Å². The molecular weight excluding hydrogens is 441 g/mol. The average molecular weight is 469 g/mol. The lowest BCUT2D eigenvalue weighted by atomic mass is 9.92. The molecule has 4 rings (SSSR count). The number of hydrogen-bond donors (Lipinski definition) is 2. The Hall–Kier alpha value is -1.92. The highest BCUT2D eigenvalue weighted by molar-refractivity contribution is 5.90. The van der Waals surface area contributed by atoms with Crippen molar-refractivity contribution in [1.82, 2.24) is 15.0 Å². The second-order valence-corrected chi connectivity index (χ2v) is 7.33. The largest absolute Gasteiger partial charge is 0.367 e. The van der Waals surface area contributed by atoms with E-state index in [1.807, 2.05) is 30.5 Å². The Balaban J connectivity index is 0.00000150. The Labute approximate surface area is 196 Å². The second-order valence-electron chi connectivity index (χ2n) is 7.33. The SMILES string of the molecule is Cc1ccc2nc(/C=C/c3cccnc3)nc(NC3CCC(N)CC3)c2c1.Cl.Cl.Cl. The summed E-state index contributed by atoms with van der Waals surface area (Å²) in [5.41, 5.74) is 9.24. The molecule has 0 unspecified atom stereocenters. The molecule has 5 nitrogen and oxygen atoms in total. The smallest absolute Gasteiger partial charge is 0.154 e. The van der Waals surface area contributed by atoms with Crippen molar-refractivity contribution in [3.63, 3.8) is 0 Å². The number of aromatic nitrogens is 3. The van der Waals surface area contributed by atoms with Crippen LogP contribution in [0.25, 0.3) is 23.1 Å². The van der Waals surface area contributed by atoms with E-state index in [9.17, 15) is 0 Å². The first kappa shape index (κ1) is 26.1. The molecule has 0 saturated heterocycles. The number of nitrogens with one attached hydrogen (secondary N) is 1. The third-order valence-corrected chi connectivity index (χ3v) is 5.09. The zero-order valence-corrected chi connectivity index (χ0v) is 19.3. The summed E-state index contributed by atoms with van der Waals surface area (Å²) in [5, 5.41) is 4.73. The second kappa shape index (κ2) is 12.1. The van der Waals surface area contributed by atoms with E-state index >= 15 is 0 Å². The van der Waals surface area contributed by atoms with Gasteiger partial charge in [-0.1, -0.05) is 17.7 Å². The lowest BCUT2D eigenvalue weighted by molar-refractivity contribution is 0.410. The third-order valence-electron chi connectivity index (χ3n) is 5.09. The fraction of sp³-hybridized carbons (Fsp3) is 0.318. The summed E-state index contributed by atoms with van der Waals surface area (Å²) in [7, 11) is 0. The van der Waals surface area contributed by atoms with E-state index in [1.54, 1.807) is 6.20 Å². The van der Waals surface area contributed by atoms with Gasteiger partial charge in [0, 0.05) is 29.9 Å². The van der Waals surface area contributed by atoms with Crippen LogP contribution in [0.4, 0.5) is 5.82 Å². The number of halogens is 3. The molecule has 0 atom stereocenters. The Kier molecular flexibility index (Phi) is 10.5. The molecule has 1 fully saturated rings. The van der Waals surface area contributed by atoms with Gasteiger partial charge >= 0.3 is 0 Å². The van der Waals surface area contributed by atoms with Gasteiger partial charge in [-0.25, -0.2) is 9.97 Å². The average Bonchev–Trinajstić information content (AvgIpc) is 2.69. The van der Waals surface area contributed by atoms with Crippen molar-refractivity contribution in [2.75, 3.05) is 5.32 Å². The molecule has 1 aliphatic rings. The summed E-state index contributed by atoms with van der Waals surface area (Å²) >= 11 is 0. The van der Waals surface area contributed by atoms with Crippen molar-refractivity contribution < 1.29 is 0 Å². The summed E-state index contributed by atoms with van der Waals surface area (Å²) in [4.78, 5) is 13.7. The van der Waals surface area contributed by atoms with Crippen molar-refractivity contribution in [2.45, 2.75) is 44.7 Å². The van der Waals surface area contributed by atoms with Gasteiger partial charge in [-0.2, -0.15) is 0 Å². The van der Waals surface area contributed by atoms with Crippen LogP contribution in [0, 0.1) is 6.92 Å². The molecule has 3 aromatic rings. The zero-order valence-electron chi connectivity index (χ0n) is 16.8. The van der Waals surface area contributed by atoms with E-state index in [0.717, 1.165) is 48.0 Å². The van der Waals surface area contributed by atoms with Crippen LogP contribution in [0.5, 0.6) is 0 Å². The van der Waals surface area contributed by atoms with Crippen LogP contribution < -0.4 is 11.1 Å². The van der Waals surface area contributed by atoms with E-state index in [1.165, 1.54) is 5.56 Å². The minimum Gasteiger partial charge on any atom is -0.367 e. The molecule has 30 heavy (non-hydrogen) atoms. The fourth-order valence-electron chi connectivity index (χ4n) is 3.55. The quantitative estimate of drug-likeness (QED) is 0.532. The maximum atomic E-state index is 6.05. The minimum absolute atomic E-state index is 0. The van der Waals surface area contributed by atoms with Gasteiger partial charge in [-0.15, -0.1) is 37.2 Å². The first-order valence-electron chi connectivity index (χ1n) is 9.56. The molecule has 1 saturated carbocycles. The van der Waals surface area contributed by atoms with Gasteiger partial charge in [0.2, 0.25) is 0 Å². The maximum absolute atomic E-state index is 6.05. The number of aryl methyl sites for hydroxylation is 1. The molecule has 1 aliphatic carbocycles. The Morgan fingerprint density at radius 3 is 2.47 bits per heavy atom. The minimum atomic E-state index is 0. The van der Waals surface area contributed by atoms with E-state index in [2.05, 4.69) is 35.4 Å². The molecule has 0 amide bonds. The Morgan fingerprint density at radius 2 is 1.77 bits per heavy atom. The lowest BCUT2D eigenvalue weighted by Crippen LogP contribution is -2.33.